The van der Waals surface area contributed by atoms with Crippen molar-refractivity contribution in [3.63, 3.8) is 0 Å². The Kier molecular flexibility index (Phi) is 4.72. The Morgan fingerprint density at radius 3 is 2.61 bits per heavy atom. The van der Waals surface area contributed by atoms with Gasteiger partial charge in [-0.3, -0.25) is 9.48 Å². The van der Waals surface area contributed by atoms with Crippen LogP contribution in [0.25, 0.3) is 0 Å². The van der Waals surface area contributed by atoms with Crippen LogP contribution >= 0.6 is 0 Å². The molecule has 0 aliphatic carbocycles. The van der Waals surface area contributed by atoms with Crippen molar-refractivity contribution in [1.29, 1.82) is 0 Å². The van der Waals surface area contributed by atoms with Crippen molar-refractivity contribution >= 4 is 11.6 Å². The summed E-state index contributed by atoms with van der Waals surface area (Å²) < 4.78 is 1.50. The number of nitrogens with zero attached hydrogens (tertiary/aromatic N) is 2. The Morgan fingerprint density at radius 1 is 1.56 bits per heavy atom. The number of carbonyl (C=O) groups excluding carboxylic acids is 1. The first kappa shape index (κ1) is 14.5. The van der Waals surface area contributed by atoms with Gasteiger partial charge >= 0.3 is 0 Å². The first-order valence-corrected chi connectivity index (χ1v) is 6.17. The molecule has 1 amide bonds. The van der Waals surface area contributed by atoms with E-state index in [0.29, 0.717) is 24.2 Å². The van der Waals surface area contributed by atoms with Crippen LogP contribution in [0.1, 0.15) is 43.4 Å². The average molecular weight is 254 g/mol. The van der Waals surface area contributed by atoms with Crippen LogP contribution in [-0.2, 0) is 13.5 Å². The van der Waals surface area contributed by atoms with E-state index in [0.717, 1.165) is 5.69 Å². The lowest BCUT2D eigenvalue weighted by molar-refractivity contribution is 0.0914. The van der Waals surface area contributed by atoms with Gasteiger partial charge in [-0.1, -0.05) is 6.92 Å². The molecule has 0 bridgehead atoms. The highest BCUT2D eigenvalue weighted by atomic mass is 16.3. The van der Waals surface area contributed by atoms with Gasteiger partial charge in [0.05, 0.1) is 17.5 Å². The Morgan fingerprint density at radius 2 is 2.17 bits per heavy atom. The second-order valence-corrected chi connectivity index (χ2v) is 4.65. The topological polar surface area (TPSA) is 93.2 Å². The fourth-order valence-corrected chi connectivity index (χ4v) is 1.99. The highest BCUT2D eigenvalue weighted by molar-refractivity contribution is 5.98. The Hall–Kier alpha value is -1.56. The molecule has 102 valence electrons. The number of hydrogen-bond acceptors (Lipinski definition) is 4. The SMILES string of the molecule is CCc1nn(C)c(C(=O)NC(C)CC(C)O)c1N. The Balaban J connectivity index is 2.81. The summed E-state index contributed by atoms with van der Waals surface area (Å²) in [5.41, 5.74) is 7.44. The maximum atomic E-state index is 12.1. The van der Waals surface area contributed by atoms with Gasteiger partial charge < -0.3 is 16.2 Å². The summed E-state index contributed by atoms with van der Waals surface area (Å²) in [6.07, 6.45) is 0.746. The number of rotatable bonds is 5. The largest absolute Gasteiger partial charge is 0.395 e. The number of amides is 1. The lowest BCUT2D eigenvalue weighted by Gasteiger charge is -2.15. The fraction of sp³-hybridized carbons (Fsp3) is 0.667. The van der Waals surface area contributed by atoms with Crippen molar-refractivity contribution in [2.24, 2.45) is 7.05 Å². The molecule has 0 spiro atoms. The summed E-state index contributed by atoms with van der Waals surface area (Å²) in [6.45, 7) is 5.48. The minimum absolute atomic E-state index is 0.114. The third-order valence-corrected chi connectivity index (χ3v) is 2.78. The molecule has 1 rings (SSSR count). The molecule has 0 saturated carbocycles. The van der Waals surface area contributed by atoms with E-state index in [9.17, 15) is 9.90 Å². The van der Waals surface area contributed by atoms with Gasteiger partial charge in [0, 0.05) is 13.1 Å². The number of nitrogens with two attached hydrogens (primary N) is 1. The first-order valence-electron chi connectivity index (χ1n) is 6.17. The minimum atomic E-state index is -0.449. The van der Waals surface area contributed by atoms with E-state index in [1.165, 1.54) is 4.68 Å². The molecule has 0 aliphatic rings. The van der Waals surface area contributed by atoms with E-state index in [2.05, 4.69) is 10.4 Å². The van der Waals surface area contributed by atoms with Gasteiger partial charge in [-0.2, -0.15) is 5.10 Å². The van der Waals surface area contributed by atoms with Crippen molar-refractivity contribution in [1.82, 2.24) is 15.1 Å². The minimum Gasteiger partial charge on any atom is -0.395 e. The quantitative estimate of drug-likeness (QED) is 0.711. The zero-order valence-corrected chi connectivity index (χ0v) is 11.4. The molecule has 0 aliphatic heterocycles. The van der Waals surface area contributed by atoms with Crippen molar-refractivity contribution < 1.29 is 9.90 Å². The van der Waals surface area contributed by atoms with Gasteiger partial charge in [-0.25, -0.2) is 0 Å². The molecule has 2 atom stereocenters. The number of aryl methyl sites for hydroxylation is 2. The van der Waals surface area contributed by atoms with E-state index in [4.69, 9.17) is 5.73 Å². The third kappa shape index (κ3) is 3.22. The molecule has 0 fully saturated rings. The smallest absolute Gasteiger partial charge is 0.271 e. The summed E-state index contributed by atoms with van der Waals surface area (Å²) in [5.74, 6) is -0.254. The van der Waals surface area contributed by atoms with Crippen molar-refractivity contribution in [2.45, 2.75) is 45.8 Å². The van der Waals surface area contributed by atoms with Crippen LogP contribution in [0.3, 0.4) is 0 Å². The van der Waals surface area contributed by atoms with Crippen molar-refractivity contribution in [3.05, 3.63) is 11.4 Å². The van der Waals surface area contributed by atoms with Gasteiger partial charge in [-0.15, -0.1) is 0 Å². The molecule has 6 heteroatoms. The second kappa shape index (κ2) is 5.86. The highest BCUT2D eigenvalue weighted by Gasteiger charge is 2.20. The summed E-state index contributed by atoms with van der Waals surface area (Å²) in [7, 11) is 1.70. The lowest BCUT2D eigenvalue weighted by Crippen LogP contribution is -2.36. The molecule has 1 aromatic rings. The van der Waals surface area contributed by atoms with Crippen LogP contribution < -0.4 is 11.1 Å². The van der Waals surface area contributed by atoms with Crippen LogP contribution in [0.15, 0.2) is 0 Å². The van der Waals surface area contributed by atoms with Gasteiger partial charge in [0.2, 0.25) is 0 Å². The normalized spacial score (nSPS) is 14.3. The van der Waals surface area contributed by atoms with Crippen LogP contribution in [0.5, 0.6) is 0 Å². The van der Waals surface area contributed by atoms with Crippen LogP contribution in [-0.4, -0.2) is 32.9 Å². The van der Waals surface area contributed by atoms with Gasteiger partial charge in [0.15, 0.2) is 0 Å². The standard InChI is InChI=1S/C12H22N4O2/c1-5-9-10(13)11(16(4)15-9)12(18)14-7(2)6-8(3)17/h7-8,17H,5-6,13H2,1-4H3,(H,14,18). The molecule has 0 aromatic carbocycles. The predicted octanol–water partition coefficient (Wildman–Crippen LogP) is 0.454. The Bertz CT molecular complexity index is 426. The number of aromatic nitrogens is 2. The molecule has 6 nitrogen and oxygen atoms in total. The molecular weight excluding hydrogens is 232 g/mol. The third-order valence-electron chi connectivity index (χ3n) is 2.78. The van der Waals surface area contributed by atoms with Gasteiger partial charge in [-0.05, 0) is 26.7 Å². The molecule has 1 aromatic heterocycles. The van der Waals surface area contributed by atoms with Crippen LogP contribution in [0, 0.1) is 0 Å². The average Bonchev–Trinajstić information content (AvgIpc) is 2.52. The van der Waals surface area contributed by atoms with E-state index in [1.54, 1.807) is 14.0 Å². The monoisotopic (exact) mass is 254 g/mol. The molecule has 18 heavy (non-hydrogen) atoms. The maximum Gasteiger partial charge on any atom is 0.271 e. The predicted molar refractivity (Wildman–Crippen MR) is 70.2 cm³/mol. The van der Waals surface area contributed by atoms with E-state index < -0.39 is 6.10 Å². The van der Waals surface area contributed by atoms with Crippen molar-refractivity contribution in [2.75, 3.05) is 5.73 Å². The number of hydrogen-bond donors (Lipinski definition) is 3. The first-order chi connectivity index (χ1) is 8.36. The van der Waals surface area contributed by atoms with Crippen molar-refractivity contribution in [3.8, 4) is 0 Å². The van der Waals surface area contributed by atoms with Crippen LogP contribution in [0.2, 0.25) is 0 Å². The van der Waals surface area contributed by atoms with Gasteiger partial charge in [0.1, 0.15) is 5.69 Å². The molecule has 1 heterocycles. The number of nitrogen functional groups attached to an aromatic ring is 1. The lowest BCUT2D eigenvalue weighted by atomic mass is 10.1. The Labute approximate surface area is 107 Å². The molecule has 4 N–H and O–H groups in total. The highest BCUT2D eigenvalue weighted by Crippen LogP contribution is 2.17. The number of aliphatic hydroxyl groups excluding tert-OH is 1. The van der Waals surface area contributed by atoms with E-state index in [1.807, 2.05) is 13.8 Å². The zero-order chi connectivity index (χ0) is 13.9. The number of aliphatic hydroxyl groups is 1. The fourth-order valence-electron chi connectivity index (χ4n) is 1.99. The van der Waals surface area contributed by atoms with Gasteiger partial charge in [0.25, 0.3) is 5.91 Å². The second-order valence-electron chi connectivity index (χ2n) is 4.65. The number of carbonyl (C=O) groups is 1. The number of anilines is 1. The molecule has 0 radical (unpaired) electrons. The summed E-state index contributed by atoms with van der Waals surface area (Å²) in [4.78, 5) is 12.1. The summed E-state index contributed by atoms with van der Waals surface area (Å²) in [6, 6.07) is -0.114. The zero-order valence-electron chi connectivity index (χ0n) is 11.4. The van der Waals surface area contributed by atoms with E-state index in [-0.39, 0.29) is 11.9 Å². The molecule has 2 unspecified atom stereocenters. The molecule has 0 saturated heterocycles. The summed E-state index contributed by atoms with van der Waals surface area (Å²) >= 11 is 0. The summed E-state index contributed by atoms with van der Waals surface area (Å²) in [5, 5.41) is 16.3. The van der Waals surface area contributed by atoms with Crippen LogP contribution in [0.4, 0.5) is 5.69 Å². The number of nitrogens with one attached hydrogen (secondary N) is 1. The molecular formula is C12H22N4O2. The van der Waals surface area contributed by atoms with E-state index >= 15 is 0 Å². The maximum absolute atomic E-state index is 12.1.